The van der Waals surface area contributed by atoms with E-state index in [1.807, 2.05) is 18.2 Å². The molecule has 1 aromatic heterocycles. The Morgan fingerprint density at radius 3 is 2.67 bits per heavy atom. The van der Waals surface area contributed by atoms with Gasteiger partial charge in [-0.1, -0.05) is 24.3 Å². The highest BCUT2D eigenvalue weighted by molar-refractivity contribution is 5.70. The average molecular weight is 246 g/mol. The predicted molar refractivity (Wildman–Crippen MR) is 65.0 cm³/mol. The summed E-state index contributed by atoms with van der Waals surface area (Å²) < 4.78 is 1.81. The molecule has 0 saturated carbocycles. The highest BCUT2D eigenvalue weighted by atomic mass is 16.4. The van der Waals surface area contributed by atoms with Crippen molar-refractivity contribution in [1.82, 2.24) is 9.55 Å². The molecule has 94 valence electrons. The van der Waals surface area contributed by atoms with Gasteiger partial charge in [0.1, 0.15) is 12.4 Å². The number of carboxylic acid groups (broad SMARTS) is 1. The summed E-state index contributed by atoms with van der Waals surface area (Å²) in [5.41, 5.74) is 1.70. The Kier molecular flexibility index (Phi) is 3.74. The van der Waals surface area contributed by atoms with E-state index < -0.39 is 5.97 Å². The normalized spacial score (nSPS) is 10.5. The van der Waals surface area contributed by atoms with Gasteiger partial charge in [-0.15, -0.1) is 0 Å². The van der Waals surface area contributed by atoms with Gasteiger partial charge in [0.2, 0.25) is 0 Å². The lowest BCUT2D eigenvalue weighted by atomic mass is 10.0. The van der Waals surface area contributed by atoms with Crippen LogP contribution >= 0.6 is 0 Å². The number of aliphatic hydroxyl groups is 1. The van der Waals surface area contributed by atoms with Gasteiger partial charge in [-0.2, -0.15) is 0 Å². The lowest BCUT2D eigenvalue weighted by Gasteiger charge is -2.10. The monoisotopic (exact) mass is 246 g/mol. The van der Waals surface area contributed by atoms with Crippen molar-refractivity contribution in [3.05, 3.63) is 53.6 Å². The minimum atomic E-state index is -0.851. The number of benzene rings is 1. The maximum atomic E-state index is 10.8. The zero-order valence-corrected chi connectivity index (χ0v) is 9.78. The van der Waals surface area contributed by atoms with Crippen LogP contribution in [0.25, 0.3) is 0 Å². The summed E-state index contributed by atoms with van der Waals surface area (Å²) in [4.78, 5) is 14.8. The first-order chi connectivity index (χ1) is 8.70. The van der Waals surface area contributed by atoms with Crippen LogP contribution in [0.5, 0.6) is 0 Å². The molecular formula is C13H14N2O3. The Morgan fingerprint density at radius 2 is 2.00 bits per heavy atom. The number of aromatic nitrogens is 2. The molecule has 0 amide bonds. The molecule has 2 aromatic rings. The molecule has 2 rings (SSSR count). The molecule has 0 atom stereocenters. The zero-order chi connectivity index (χ0) is 13.0. The lowest BCUT2D eigenvalue weighted by Crippen LogP contribution is -2.09. The summed E-state index contributed by atoms with van der Waals surface area (Å²) in [5, 5.41) is 18.0. The molecule has 0 bridgehead atoms. The van der Waals surface area contributed by atoms with Crippen molar-refractivity contribution in [2.75, 3.05) is 0 Å². The number of hydrogen-bond donors (Lipinski definition) is 2. The molecule has 18 heavy (non-hydrogen) atoms. The summed E-state index contributed by atoms with van der Waals surface area (Å²) in [6, 6.07) is 7.39. The third-order valence-corrected chi connectivity index (χ3v) is 2.74. The number of imidazole rings is 1. The first-order valence-electron chi connectivity index (χ1n) is 5.60. The second-order valence-electron chi connectivity index (χ2n) is 3.97. The number of aliphatic hydroxyl groups excluding tert-OH is 1. The Hall–Kier alpha value is -2.14. The van der Waals surface area contributed by atoms with Crippen LogP contribution in [0.1, 0.15) is 17.0 Å². The molecule has 0 radical (unpaired) electrons. The van der Waals surface area contributed by atoms with Crippen molar-refractivity contribution in [3.8, 4) is 0 Å². The van der Waals surface area contributed by atoms with E-state index in [0.717, 1.165) is 11.1 Å². The van der Waals surface area contributed by atoms with Gasteiger partial charge in [0, 0.05) is 18.9 Å². The van der Waals surface area contributed by atoms with Crippen molar-refractivity contribution in [3.63, 3.8) is 0 Å². The van der Waals surface area contributed by atoms with Crippen LogP contribution in [0.2, 0.25) is 0 Å². The Balaban J connectivity index is 2.26. The van der Waals surface area contributed by atoms with Gasteiger partial charge in [-0.3, -0.25) is 4.79 Å². The van der Waals surface area contributed by atoms with Gasteiger partial charge in [0.25, 0.3) is 0 Å². The van der Waals surface area contributed by atoms with E-state index in [9.17, 15) is 4.79 Å². The lowest BCUT2D eigenvalue weighted by molar-refractivity contribution is -0.136. The molecule has 1 aromatic carbocycles. The standard InChI is InChI=1S/C13H14N2O3/c16-9-12-14-5-6-15(12)8-11-4-2-1-3-10(11)7-13(17)18/h1-6,16H,7-9H2,(H,17,18). The van der Waals surface area contributed by atoms with Crippen molar-refractivity contribution in [2.24, 2.45) is 0 Å². The smallest absolute Gasteiger partial charge is 0.307 e. The molecule has 0 aliphatic carbocycles. The fourth-order valence-corrected chi connectivity index (χ4v) is 1.87. The summed E-state index contributed by atoms with van der Waals surface area (Å²) in [6.45, 7) is 0.382. The molecule has 5 heteroatoms. The van der Waals surface area contributed by atoms with Crippen molar-refractivity contribution < 1.29 is 15.0 Å². The van der Waals surface area contributed by atoms with Crippen LogP contribution < -0.4 is 0 Å². The van der Waals surface area contributed by atoms with Gasteiger partial charge in [0.15, 0.2) is 0 Å². The number of rotatable bonds is 5. The minimum Gasteiger partial charge on any atom is -0.481 e. The molecular weight excluding hydrogens is 232 g/mol. The maximum Gasteiger partial charge on any atom is 0.307 e. The molecule has 5 nitrogen and oxygen atoms in total. The van der Waals surface area contributed by atoms with Crippen LogP contribution in [0.3, 0.4) is 0 Å². The quantitative estimate of drug-likeness (QED) is 0.827. The largest absolute Gasteiger partial charge is 0.481 e. The number of carbonyl (C=O) groups is 1. The number of nitrogens with zero attached hydrogens (tertiary/aromatic N) is 2. The molecule has 2 N–H and O–H groups in total. The highest BCUT2D eigenvalue weighted by Gasteiger charge is 2.08. The second-order valence-corrected chi connectivity index (χ2v) is 3.97. The summed E-state index contributed by atoms with van der Waals surface area (Å²) >= 11 is 0. The van der Waals surface area contributed by atoms with Crippen LogP contribution in [-0.2, 0) is 24.4 Å². The fraction of sp³-hybridized carbons (Fsp3) is 0.231. The van der Waals surface area contributed by atoms with E-state index in [2.05, 4.69) is 4.98 Å². The first-order valence-corrected chi connectivity index (χ1v) is 5.60. The summed E-state index contributed by atoms with van der Waals surface area (Å²) in [6.07, 6.45) is 3.38. The van der Waals surface area contributed by atoms with Crippen molar-refractivity contribution >= 4 is 5.97 Å². The van der Waals surface area contributed by atoms with Gasteiger partial charge < -0.3 is 14.8 Å². The molecule has 0 aliphatic rings. The van der Waals surface area contributed by atoms with E-state index in [-0.39, 0.29) is 13.0 Å². The SMILES string of the molecule is O=C(O)Cc1ccccc1Cn1ccnc1CO. The second kappa shape index (κ2) is 5.46. The molecule has 0 fully saturated rings. The van der Waals surface area contributed by atoms with Crippen LogP contribution in [-0.4, -0.2) is 25.7 Å². The van der Waals surface area contributed by atoms with Gasteiger partial charge in [-0.05, 0) is 11.1 Å². The van der Waals surface area contributed by atoms with E-state index in [1.54, 1.807) is 23.0 Å². The average Bonchev–Trinajstić information content (AvgIpc) is 2.78. The first kappa shape index (κ1) is 12.3. The Bertz CT molecular complexity index is 549. The number of aliphatic carboxylic acids is 1. The van der Waals surface area contributed by atoms with Crippen LogP contribution in [0, 0.1) is 0 Å². The Labute approximate surface area is 104 Å². The van der Waals surface area contributed by atoms with E-state index >= 15 is 0 Å². The zero-order valence-electron chi connectivity index (χ0n) is 9.78. The van der Waals surface area contributed by atoms with Crippen molar-refractivity contribution in [1.29, 1.82) is 0 Å². The fourth-order valence-electron chi connectivity index (χ4n) is 1.87. The van der Waals surface area contributed by atoms with E-state index in [1.165, 1.54) is 0 Å². The molecule has 0 spiro atoms. The third-order valence-electron chi connectivity index (χ3n) is 2.74. The van der Waals surface area contributed by atoms with Crippen molar-refractivity contribution in [2.45, 2.75) is 19.6 Å². The van der Waals surface area contributed by atoms with Gasteiger partial charge in [0.05, 0.1) is 6.42 Å². The highest BCUT2D eigenvalue weighted by Crippen LogP contribution is 2.12. The van der Waals surface area contributed by atoms with Gasteiger partial charge in [-0.25, -0.2) is 4.98 Å². The summed E-state index contributed by atoms with van der Waals surface area (Å²) in [7, 11) is 0. The maximum absolute atomic E-state index is 10.8. The molecule has 0 unspecified atom stereocenters. The Morgan fingerprint density at radius 1 is 1.28 bits per heavy atom. The number of carboxylic acids is 1. The molecule has 0 saturated heterocycles. The topological polar surface area (TPSA) is 75.3 Å². The predicted octanol–water partition coefficient (Wildman–Crippen LogP) is 1.05. The van der Waals surface area contributed by atoms with E-state index in [4.69, 9.17) is 10.2 Å². The van der Waals surface area contributed by atoms with Gasteiger partial charge >= 0.3 is 5.97 Å². The van der Waals surface area contributed by atoms with E-state index in [0.29, 0.717) is 12.4 Å². The summed E-state index contributed by atoms with van der Waals surface area (Å²) in [5.74, 6) is -0.282. The molecule has 1 heterocycles. The third kappa shape index (κ3) is 2.75. The minimum absolute atomic E-state index is 0.000666. The van der Waals surface area contributed by atoms with Crippen LogP contribution in [0.15, 0.2) is 36.7 Å². The molecule has 0 aliphatic heterocycles. The van der Waals surface area contributed by atoms with Crippen LogP contribution in [0.4, 0.5) is 0 Å². The number of hydrogen-bond acceptors (Lipinski definition) is 3.